The van der Waals surface area contributed by atoms with Crippen LogP contribution in [0.15, 0.2) is 0 Å². The zero-order valence-corrected chi connectivity index (χ0v) is 7.80. The summed E-state index contributed by atoms with van der Waals surface area (Å²) in [6.07, 6.45) is 0. The highest BCUT2D eigenvalue weighted by molar-refractivity contribution is 5.96. The van der Waals surface area contributed by atoms with E-state index in [1.165, 1.54) is 0 Å². The van der Waals surface area contributed by atoms with Crippen molar-refractivity contribution in [1.82, 2.24) is 10.2 Å². The van der Waals surface area contributed by atoms with Gasteiger partial charge in [-0.1, -0.05) is 0 Å². The summed E-state index contributed by atoms with van der Waals surface area (Å²) in [7, 11) is 0. The van der Waals surface area contributed by atoms with Crippen LogP contribution in [-0.2, 0) is 0 Å². The van der Waals surface area contributed by atoms with Crippen LogP contribution in [0.1, 0.15) is 34.2 Å². The fraction of sp³-hybridized carbons (Fsp3) is 0.444. The first-order valence-electron chi connectivity index (χ1n) is 3.85. The minimum absolute atomic E-state index is 0.0583. The molecule has 0 fully saturated rings. The lowest BCUT2D eigenvalue weighted by Crippen LogP contribution is -2.06. The molecule has 0 bridgehead atoms. The number of nitrogens with zero attached hydrogens (tertiary/aromatic N) is 2. The van der Waals surface area contributed by atoms with Crippen LogP contribution in [0.5, 0.6) is 0 Å². The summed E-state index contributed by atoms with van der Waals surface area (Å²) < 4.78 is 0. The lowest BCUT2D eigenvalue weighted by molar-refractivity contribution is 0.101. The van der Waals surface area contributed by atoms with Gasteiger partial charge < -0.3 is 0 Å². The molecule has 12 heavy (non-hydrogen) atoms. The Bertz CT molecular complexity index is 332. The Hall–Kier alpha value is -1.25. The summed E-state index contributed by atoms with van der Waals surface area (Å²) in [4.78, 5) is 11.2. The summed E-state index contributed by atoms with van der Waals surface area (Å²) >= 11 is 0. The topological polar surface area (TPSA) is 42.9 Å². The van der Waals surface area contributed by atoms with Crippen LogP contribution in [0.2, 0.25) is 0 Å². The van der Waals surface area contributed by atoms with Crippen molar-refractivity contribution in [3.05, 3.63) is 22.5 Å². The van der Waals surface area contributed by atoms with Crippen LogP contribution in [0.3, 0.4) is 0 Å². The molecule has 0 atom stereocenters. The Morgan fingerprint density at radius 2 is 1.58 bits per heavy atom. The van der Waals surface area contributed by atoms with E-state index in [-0.39, 0.29) is 5.78 Å². The molecule has 0 aliphatic carbocycles. The monoisotopic (exact) mass is 164 g/mol. The number of ketones is 1. The zero-order valence-electron chi connectivity index (χ0n) is 7.80. The van der Waals surface area contributed by atoms with E-state index in [0.717, 1.165) is 11.3 Å². The molecule has 0 saturated heterocycles. The maximum absolute atomic E-state index is 11.2. The van der Waals surface area contributed by atoms with Gasteiger partial charge in [-0.15, -0.1) is 0 Å². The normalized spacial score (nSPS) is 10.0. The Labute approximate surface area is 71.8 Å². The summed E-state index contributed by atoms with van der Waals surface area (Å²) in [6.45, 7) is 7.11. The molecule has 0 amide bonds. The van der Waals surface area contributed by atoms with Crippen molar-refractivity contribution >= 4 is 5.78 Å². The highest BCUT2D eigenvalue weighted by Crippen LogP contribution is 2.13. The summed E-state index contributed by atoms with van der Waals surface area (Å²) in [5, 5.41) is 7.81. The van der Waals surface area contributed by atoms with Gasteiger partial charge in [0.1, 0.15) is 0 Å². The molecule has 3 nitrogen and oxygen atoms in total. The zero-order chi connectivity index (χ0) is 9.30. The van der Waals surface area contributed by atoms with Gasteiger partial charge >= 0.3 is 0 Å². The van der Waals surface area contributed by atoms with Crippen LogP contribution in [0.4, 0.5) is 0 Å². The number of aryl methyl sites for hydroxylation is 2. The van der Waals surface area contributed by atoms with E-state index in [1.54, 1.807) is 13.8 Å². The van der Waals surface area contributed by atoms with Crippen LogP contribution in [-0.4, -0.2) is 16.0 Å². The summed E-state index contributed by atoms with van der Waals surface area (Å²) in [5.74, 6) is 0.0583. The molecular weight excluding hydrogens is 152 g/mol. The first-order chi connectivity index (χ1) is 5.54. The number of hydrogen-bond acceptors (Lipinski definition) is 3. The van der Waals surface area contributed by atoms with Gasteiger partial charge in [0.25, 0.3) is 0 Å². The standard InChI is InChI=1S/C9H12N2O/c1-5-6(2)10-11-7(3)9(5)8(4)12/h1-4H3. The number of rotatable bonds is 1. The SMILES string of the molecule is CC(=O)c1c(C)nnc(C)c1C. The molecule has 1 aromatic rings. The molecular formula is C9H12N2O. The quantitative estimate of drug-likeness (QED) is 0.592. The first-order valence-corrected chi connectivity index (χ1v) is 3.85. The predicted molar refractivity (Wildman–Crippen MR) is 46.2 cm³/mol. The van der Waals surface area contributed by atoms with Crippen molar-refractivity contribution in [1.29, 1.82) is 0 Å². The van der Waals surface area contributed by atoms with Gasteiger partial charge in [-0.05, 0) is 33.3 Å². The maximum atomic E-state index is 11.2. The first kappa shape index (κ1) is 8.84. The summed E-state index contributed by atoms with van der Waals surface area (Å²) in [6, 6.07) is 0. The Kier molecular flexibility index (Phi) is 2.22. The van der Waals surface area contributed by atoms with Gasteiger partial charge in [0, 0.05) is 5.56 Å². The lowest BCUT2D eigenvalue weighted by atomic mass is 10.0. The average Bonchev–Trinajstić information content (AvgIpc) is 1.97. The fourth-order valence-electron chi connectivity index (χ4n) is 1.25. The molecule has 64 valence electrons. The molecule has 0 radical (unpaired) electrons. The van der Waals surface area contributed by atoms with Gasteiger partial charge in [0.15, 0.2) is 5.78 Å². The lowest BCUT2D eigenvalue weighted by Gasteiger charge is -2.05. The third-order valence-electron chi connectivity index (χ3n) is 1.98. The van der Waals surface area contributed by atoms with Crippen molar-refractivity contribution < 1.29 is 4.79 Å². The fourth-order valence-corrected chi connectivity index (χ4v) is 1.25. The molecule has 0 aliphatic heterocycles. The number of hydrogen-bond donors (Lipinski definition) is 0. The van der Waals surface area contributed by atoms with E-state index in [9.17, 15) is 4.79 Å². The molecule has 3 heteroatoms. The van der Waals surface area contributed by atoms with Crippen molar-refractivity contribution in [2.75, 3.05) is 0 Å². The molecule has 1 heterocycles. The van der Waals surface area contributed by atoms with E-state index in [4.69, 9.17) is 0 Å². The van der Waals surface area contributed by atoms with E-state index >= 15 is 0 Å². The number of carbonyl (C=O) groups is 1. The third-order valence-corrected chi connectivity index (χ3v) is 1.98. The van der Waals surface area contributed by atoms with Crippen molar-refractivity contribution in [3.63, 3.8) is 0 Å². The van der Waals surface area contributed by atoms with Gasteiger partial charge in [-0.2, -0.15) is 10.2 Å². The van der Waals surface area contributed by atoms with Crippen molar-refractivity contribution in [3.8, 4) is 0 Å². The molecule has 1 rings (SSSR count). The Morgan fingerprint density at radius 1 is 1.08 bits per heavy atom. The van der Waals surface area contributed by atoms with Crippen LogP contribution in [0, 0.1) is 20.8 Å². The number of carbonyl (C=O) groups excluding carboxylic acids is 1. The molecule has 1 aromatic heterocycles. The number of aromatic nitrogens is 2. The molecule has 0 aromatic carbocycles. The molecule has 0 aliphatic rings. The van der Waals surface area contributed by atoms with Crippen molar-refractivity contribution in [2.45, 2.75) is 27.7 Å². The van der Waals surface area contributed by atoms with Crippen LogP contribution in [0.25, 0.3) is 0 Å². The smallest absolute Gasteiger partial charge is 0.162 e. The van der Waals surface area contributed by atoms with Crippen molar-refractivity contribution in [2.24, 2.45) is 0 Å². The average molecular weight is 164 g/mol. The molecule has 0 spiro atoms. The van der Waals surface area contributed by atoms with Gasteiger partial charge in [-0.3, -0.25) is 4.79 Å². The van der Waals surface area contributed by atoms with E-state index in [1.807, 2.05) is 13.8 Å². The van der Waals surface area contributed by atoms with E-state index in [2.05, 4.69) is 10.2 Å². The van der Waals surface area contributed by atoms with Gasteiger partial charge in [0.2, 0.25) is 0 Å². The number of Topliss-reactive ketones (excluding diaryl/α,β-unsaturated/α-hetero) is 1. The highest BCUT2D eigenvalue weighted by Gasteiger charge is 2.10. The van der Waals surface area contributed by atoms with Crippen LogP contribution < -0.4 is 0 Å². The van der Waals surface area contributed by atoms with Gasteiger partial charge in [0.05, 0.1) is 11.4 Å². The second kappa shape index (κ2) is 3.01. The predicted octanol–water partition coefficient (Wildman–Crippen LogP) is 1.60. The second-order valence-corrected chi connectivity index (χ2v) is 2.93. The minimum atomic E-state index is 0.0583. The van der Waals surface area contributed by atoms with E-state index in [0.29, 0.717) is 11.3 Å². The largest absolute Gasteiger partial charge is 0.294 e. The highest BCUT2D eigenvalue weighted by atomic mass is 16.1. The van der Waals surface area contributed by atoms with Crippen LogP contribution >= 0.6 is 0 Å². The summed E-state index contributed by atoms with van der Waals surface area (Å²) in [5.41, 5.74) is 3.19. The van der Waals surface area contributed by atoms with Gasteiger partial charge in [-0.25, -0.2) is 0 Å². The second-order valence-electron chi connectivity index (χ2n) is 2.93. The maximum Gasteiger partial charge on any atom is 0.162 e. The Balaban J connectivity index is 3.43. The third kappa shape index (κ3) is 1.35. The minimum Gasteiger partial charge on any atom is -0.294 e. The molecule has 0 unspecified atom stereocenters. The molecule has 0 N–H and O–H groups in total. The van der Waals surface area contributed by atoms with E-state index < -0.39 is 0 Å². The Morgan fingerprint density at radius 3 is 2.00 bits per heavy atom. The molecule has 0 saturated carbocycles.